The number of nitrogens with zero attached hydrogens (tertiary/aromatic N) is 2. The van der Waals surface area contributed by atoms with Crippen LogP contribution in [0.25, 0.3) is 0 Å². The first-order valence-electron chi connectivity index (χ1n) is 7.21. The van der Waals surface area contributed by atoms with Crippen LogP contribution in [0.1, 0.15) is 32.6 Å². The van der Waals surface area contributed by atoms with Crippen molar-refractivity contribution in [2.24, 2.45) is 5.92 Å². The molecule has 1 atom stereocenters. The quantitative estimate of drug-likeness (QED) is 0.795. The molecule has 0 spiro atoms. The topological polar surface area (TPSA) is 77.9 Å². The maximum Gasteiger partial charge on any atom is 0.227 e. The molecule has 7 heteroatoms. The van der Waals surface area contributed by atoms with E-state index >= 15 is 0 Å². The number of carbonyl (C=O) groups is 1. The molecule has 0 aromatic heterocycles. The monoisotopic (exact) mass is 304 g/mol. The van der Waals surface area contributed by atoms with Crippen molar-refractivity contribution in [3.8, 4) is 0 Å². The van der Waals surface area contributed by atoms with Gasteiger partial charge in [-0.2, -0.15) is 0 Å². The first kappa shape index (κ1) is 15.7. The summed E-state index contributed by atoms with van der Waals surface area (Å²) in [5.74, 6) is -0.274. The summed E-state index contributed by atoms with van der Waals surface area (Å²) in [6, 6.07) is 0. The van der Waals surface area contributed by atoms with E-state index in [1.807, 2.05) is 6.92 Å². The Morgan fingerprint density at radius 1 is 1.40 bits per heavy atom. The highest BCUT2D eigenvalue weighted by Gasteiger charge is 2.45. The number of hydrogen-bond donors (Lipinski definition) is 1. The molecule has 0 aliphatic carbocycles. The van der Waals surface area contributed by atoms with Gasteiger partial charge in [-0.15, -0.1) is 0 Å². The van der Waals surface area contributed by atoms with Crippen LogP contribution in [0.2, 0.25) is 0 Å². The van der Waals surface area contributed by atoms with Crippen LogP contribution in [0.3, 0.4) is 0 Å². The van der Waals surface area contributed by atoms with Crippen LogP contribution in [0.5, 0.6) is 0 Å². The largest absolute Gasteiger partial charge is 0.386 e. The minimum Gasteiger partial charge on any atom is -0.386 e. The predicted octanol–water partition coefficient (Wildman–Crippen LogP) is 0.0314. The van der Waals surface area contributed by atoms with Gasteiger partial charge in [0.15, 0.2) is 0 Å². The average Bonchev–Trinajstić information content (AvgIpc) is 2.34. The summed E-state index contributed by atoms with van der Waals surface area (Å²) in [6.07, 6.45) is 4.23. The van der Waals surface area contributed by atoms with Gasteiger partial charge in [-0.05, 0) is 19.3 Å². The molecular weight excluding hydrogens is 280 g/mol. The summed E-state index contributed by atoms with van der Waals surface area (Å²) >= 11 is 0. The third-order valence-electron chi connectivity index (χ3n) is 4.20. The first-order chi connectivity index (χ1) is 9.25. The van der Waals surface area contributed by atoms with Crippen LogP contribution in [0.4, 0.5) is 0 Å². The smallest absolute Gasteiger partial charge is 0.227 e. The van der Waals surface area contributed by atoms with E-state index in [1.165, 1.54) is 10.6 Å². The van der Waals surface area contributed by atoms with Gasteiger partial charge in [-0.25, -0.2) is 12.7 Å². The molecule has 2 aliphatic heterocycles. The van der Waals surface area contributed by atoms with Gasteiger partial charge in [-0.1, -0.05) is 13.3 Å². The number of rotatable bonds is 4. The standard InChI is InChI=1S/C13H24N2O4S/c1-3-6-13(17)9-14(10-13)12(16)11-5-4-7-15(8-11)20(2,18)19/h11,17H,3-10H2,1-2H3. The average molecular weight is 304 g/mol. The molecule has 0 aromatic carbocycles. The second kappa shape index (κ2) is 5.61. The summed E-state index contributed by atoms with van der Waals surface area (Å²) in [5.41, 5.74) is -0.727. The number of β-amino-alcohol motifs (C(OH)–C–C–N with tert-alkyl or cyclic N) is 1. The van der Waals surface area contributed by atoms with Crippen LogP contribution >= 0.6 is 0 Å². The van der Waals surface area contributed by atoms with Crippen molar-refractivity contribution in [1.82, 2.24) is 9.21 Å². The lowest BCUT2D eigenvalue weighted by Gasteiger charge is -2.48. The van der Waals surface area contributed by atoms with E-state index in [0.29, 0.717) is 26.1 Å². The second-order valence-corrected chi connectivity index (χ2v) is 8.11. The highest BCUT2D eigenvalue weighted by molar-refractivity contribution is 7.88. The molecule has 20 heavy (non-hydrogen) atoms. The Morgan fingerprint density at radius 2 is 2.05 bits per heavy atom. The Balaban J connectivity index is 1.91. The number of sulfonamides is 1. The second-order valence-electron chi connectivity index (χ2n) is 6.13. The minimum atomic E-state index is -3.22. The van der Waals surface area contributed by atoms with Crippen molar-refractivity contribution in [3.63, 3.8) is 0 Å². The molecule has 2 rings (SSSR count). The van der Waals surface area contributed by atoms with Crippen molar-refractivity contribution in [2.75, 3.05) is 32.4 Å². The zero-order valence-electron chi connectivity index (χ0n) is 12.2. The van der Waals surface area contributed by atoms with Crippen molar-refractivity contribution in [3.05, 3.63) is 0 Å². The Kier molecular flexibility index (Phi) is 4.41. The van der Waals surface area contributed by atoms with E-state index in [1.54, 1.807) is 4.90 Å². The molecule has 2 heterocycles. The molecule has 6 nitrogen and oxygen atoms in total. The Labute approximate surface area is 120 Å². The lowest BCUT2D eigenvalue weighted by Crippen LogP contribution is -2.65. The summed E-state index contributed by atoms with van der Waals surface area (Å²) in [4.78, 5) is 14.0. The van der Waals surface area contributed by atoms with Gasteiger partial charge >= 0.3 is 0 Å². The highest BCUT2D eigenvalue weighted by atomic mass is 32.2. The van der Waals surface area contributed by atoms with Gasteiger partial charge in [0.05, 0.1) is 30.9 Å². The number of piperidine rings is 1. The number of aliphatic hydroxyl groups is 1. The minimum absolute atomic E-state index is 0.0147. The Bertz CT molecular complexity index is 471. The summed E-state index contributed by atoms with van der Waals surface area (Å²) in [5, 5.41) is 10.1. The highest BCUT2D eigenvalue weighted by Crippen LogP contribution is 2.29. The van der Waals surface area contributed by atoms with Crippen LogP contribution in [0, 0.1) is 5.92 Å². The van der Waals surface area contributed by atoms with Crippen molar-refractivity contribution in [2.45, 2.75) is 38.2 Å². The van der Waals surface area contributed by atoms with Crippen molar-refractivity contribution < 1.29 is 18.3 Å². The molecule has 0 bridgehead atoms. The number of likely N-dealkylation sites (tertiary alicyclic amines) is 1. The molecule has 2 fully saturated rings. The lowest BCUT2D eigenvalue weighted by atomic mass is 9.87. The summed E-state index contributed by atoms with van der Waals surface area (Å²) in [6.45, 7) is 3.56. The molecule has 0 aromatic rings. The maximum absolute atomic E-state index is 12.3. The fraction of sp³-hybridized carbons (Fsp3) is 0.923. The molecular formula is C13H24N2O4S. The van der Waals surface area contributed by atoms with Crippen LogP contribution in [-0.4, -0.2) is 66.7 Å². The van der Waals surface area contributed by atoms with E-state index in [2.05, 4.69) is 0 Å². The zero-order valence-corrected chi connectivity index (χ0v) is 13.0. The number of amides is 1. The SMILES string of the molecule is CCCC1(O)CN(C(=O)C2CCCN(S(C)(=O)=O)C2)C1. The molecule has 116 valence electrons. The van der Waals surface area contributed by atoms with Gasteiger partial charge in [0.25, 0.3) is 0 Å². The van der Waals surface area contributed by atoms with Gasteiger partial charge in [0.2, 0.25) is 15.9 Å². The third kappa shape index (κ3) is 3.32. The number of hydrogen-bond acceptors (Lipinski definition) is 4. The van der Waals surface area contributed by atoms with E-state index in [0.717, 1.165) is 19.3 Å². The van der Waals surface area contributed by atoms with Gasteiger partial charge in [0, 0.05) is 13.1 Å². The van der Waals surface area contributed by atoms with E-state index < -0.39 is 15.6 Å². The van der Waals surface area contributed by atoms with Gasteiger partial charge in [0.1, 0.15) is 0 Å². The molecule has 0 radical (unpaired) electrons. The third-order valence-corrected chi connectivity index (χ3v) is 5.47. The van der Waals surface area contributed by atoms with Crippen LogP contribution in [0.15, 0.2) is 0 Å². The molecule has 0 saturated carbocycles. The van der Waals surface area contributed by atoms with Crippen molar-refractivity contribution in [1.29, 1.82) is 0 Å². The normalized spacial score (nSPS) is 27.1. The molecule has 2 aliphatic rings. The van der Waals surface area contributed by atoms with Crippen molar-refractivity contribution >= 4 is 15.9 Å². The fourth-order valence-electron chi connectivity index (χ4n) is 3.15. The molecule has 1 unspecified atom stereocenters. The molecule has 2 saturated heterocycles. The maximum atomic E-state index is 12.3. The zero-order chi connectivity index (χ0) is 15.0. The van der Waals surface area contributed by atoms with E-state index in [9.17, 15) is 18.3 Å². The molecule has 1 N–H and O–H groups in total. The summed E-state index contributed by atoms with van der Waals surface area (Å²) < 4.78 is 24.5. The van der Waals surface area contributed by atoms with Crippen LogP contribution < -0.4 is 0 Å². The number of carbonyl (C=O) groups excluding carboxylic acids is 1. The summed E-state index contributed by atoms with van der Waals surface area (Å²) in [7, 11) is -3.22. The molecule has 1 amide bonds. The van der Waals surface area contributed by atoms with Crippen LogP contribution in [-0.2, 0) is 14.8 Å². The lowest BCUT2D eigenvalue weighted by molar-refractivity contribution is -0.161. The van der Waals surface area contributed by atoms with E-state index in [-0.39, 0.29) is 18.4 Å². The first-order valence-corrected chi connectivity index (χ1v) is 9.06. The Morgan fingerprint density at radius 3 is 2.60 bits per heavy atom. The fourth-order valence-corrected chi connectivity index (χ4v) is 4.06. The van der Waals surface area contributed by atoms with E-state index in [4.69, 9.17) is 0 Å². The predicted molar refractivity (Wildman–Crippen MR) is 75.6 cm³/mol. The van der Waals surface area contributed by atoms with Gasteiger partial charge in [-0.3, -0.25) is 4.79 Å². The van der Waals surface area contributed by atoms with Gasteiger partial charge < -0.3 is 10.0 Å². The Hall–Kier alpha value is -0.660.